The second-order valence-corrected chi connectivity index (χ2v) is 12.9. The van der Waals surface area contributed by atoms with Gasteiger partial charge in [-0.3, -0.25) is 9.59 Å². The second-order valence-electron chi connectivity index (χ2n) is 12.9. The standard InChI is InChI=1S/C42H65NO7/c1-6-8-10-12-14-16-18-20-22-24-26-28-30-32-40(44)49-37-38(36-48-35-34-39(42(46)47)43(3,4)5)50-41(45)33-31-29-27-25-23-21-19-17-15-13-11-9-7-2/h8-23,38-39H,6-7,24-37H2,1-5H3/b10-8+,11-9+,14-12+,15-13+,18-16+,19-17+,22-20+,23-21+. The highest BCUT2D eigenvalue weighted by Gasteiger charge is 2.25. The maximum atomic E-state index is 12.6. The number of carbonyl (C=O) groups excluding carboxylic acids is 3. The topological polar surface area (TPSA) is 102 Å². The van der Waals surface area contributed by atoms with E-state index in [-0.39, 0.29) is 55.5 Å². The van der Waals surface area contributed by atoms with Crippen molar-refractivity contribution in [2.45, 2.75) is 109 Å². The van der Waals surface area contributed by atoms with Crippen LogP contribution in [0.15, 0.2) is 97.2 Å². The summed E-state index contributed by atoms with van der Waals surface area (Å²) in [5.74, 6) is -1.86. The molecule has 0 spiro atoms. The molecule has 0 aliphatic heterocycles. The van der Waals surface area contributed by atoms with E-state index in [9.17, 15) is 19.5 Å². The van der Waals surface area contributed by atoms with Gasteiger partial charge in [-0.1, -0.05) is 124 Å². The number of ether oxygens (including phenoxy) is 3. The van der Waals surface area contributed by atoms with E-state index in [1.54, 1.807) is 21.1 Å². The molecule has 0 aromatic carbocycles. The number of allylic oxidation sites excluding steroid dienone is 16. The largest absolute Gasteiger partial charge is 0.544 e. The molecule has 50 heavy (non-hydrogen) atoms. The van der Waals surface area contributed by atoms with Crippen LogP contribution in [0.5, 0.6) is 0 Å². The maximum Gasteiger partial charge on any atom is 0.306 e. The van der Waals surface area contributed by atoms with Crippen molar-refractivity contribution in [3.05, 3.63) is 97.2 Å². The third-order valence-corrected chi connectivity index (χ3v) is 7.41. The molecular formula is C42H65NO7. The molecule has 0 heterocycles. The molecular weight excluding hydrogens is 630 g/mol. The van der Waals surface area contributed by atoms with Crippen LogP contribution in [0.4, 0.5) is 0 Å². The third kappa shape index (κ3) is 30.3. The normalized spacial score (nSPS) is 14.2. The summed E-state index contributed by atoms with van der Waals surface area (Å²) in [5.41, 5.74) is 0. The lowest BCUT2D eigenvalue weighted by atomic mass is 10.1. The van der Waals surface area contributed by atoms with Gasteiger partial charge in [-0.15, -0.1) is 0 Å². The minimum atomic E-state index is -1.14. The maximum absolute atomic E-state index is 12.6. The van der Waals surface area contributed by atoms with Crippen LogP contribution in [0.1, 0.15) is 97.3 Å². The summed E-state index contributed by atoms with van der Waals surface area (Å²) in [6.07, 6.45) is 41.5. The Balaban J connectivity index is 4.62. The molecule has 0 amide bonds. The first-order valence-electron chi connectivity index (χ1n) is 18.4. The minimum Gasteiger partial charge on any atom is -0.544 e. The summed E-state index contributed by atoms with van der Waals surface area (Å²) in [5, 5.41) is 11.6. The first-order chi connectivity index (χ1) is 24.1. The number of hydrogen-bond donors (Lipinski definition) is 0. The number of carboxylic acid groups (broad SMARTS) is 1. The van der Waals surface area contributed by atoms with Crippen molar-refractivity contribution in [1.29, 1.82) is 0 Å². The molecule has 0 aliphatic rings. The Hall–Kier alpha value is -3.75. The van der Waals surface area contributed by atoms with Crippen LogP contribution < -0.4 is 5.11 Å². The highest BCUT2D eigenvalue weighted by molar-refractivity contribution is 5.70. The molecule has 0 radical (unpaired) electrons. The lowest BCUT2D eigenvalue weighted by molar-refractivity contribution is -0.889. The summed E-state index contributed by atoms with van der Waals surface area (Å²) in [7, 11) is 5.35. The molecule has 2 atom stereocenters. The van der Waals surface area contributed by atoms with Crippen LogP contribution in [0.3, 0.4) is 0 Å². The lowest BCUT2D eigenvalue weighted by Gasteiger charge is -2.34. The molecule has 0 saturated carbocycles. The van der Waals surface area contributed by atoms with E-state index in [0.717, 1.165) is 51.4 Å². The third-order valence-electron chi connectivity index (χ3n) is 7.41. The fourth-order valence-electron chi connectivity index (χ4n) is 4.56. The van der Waals surface area contributed by atoms with Crippen molar-refractivity contribution in [3.63, 3.8) is 0 Å². The number of rotatable bonds is 30. The Labute approximate surface area is 303 Å². The van der Waals surface area contributed by atoms with Crippen molar-refractivity contribution >= 4 is 17.9 Å². The van der Waals surface area contributed by atoms with E-state index < -0.39 is 18.1 Å². The van der Waals surface area contributed by atoms with E-state index in [2.05, 4.69) is 38.2 Å². The van der Waals surface area contributed by atoms with Crippen molar-refractivity contribution < 1.29 is 38.2 Å². The zero-order chi connectivity index (χ0) is 37.1. The SMILES string of the molecule is CC/C=C/C=C/C=C/C=C/CCCCCC(=O)OCC(COCCC(C(=O)[O-])[N+](C)(C)C)OC(=O)CCCCC/C=C/C=C/C=C/C=C/CC. The van der Waals surface area contributed by atoms with Gasteiger partial charge in [0, 0.05) is 19.3 Å². The number of carboxylic acids is 1. The van der Waals surface area contributed by atoms with E-state index in [1.807, 2.05) is 72.9 Å². The van der Waals surface area contributed by atoms with Crippen LogP contribution in [0.2, 0.25) is 0 Å². The quantitative estimate of drug-likeness (QED) is 0.0327. The molecule has 2 unspecified atom stereocenters. The van der Waals surface area contributed by atoms with Gasteiger partial charge < -0.3 is 28.6 Å². The first kappa shape index (κ1) is 46.2. The zero-order valence-electron chi connectivity index (χ0n) is 31.5. The van der Waals surface area contributed by atoms with Crippen molar-refractivity contribution in [3.8, 4) is 0 Å². The molecule has 280 valence electrons. The van der Waals surface area contributed by atoms with E-state index >= 15 is 0 Å². The number of aliphatic carboxylic acids is 1. The van der Waals surface area contributed by atoms with Gasteiger partial charge in [-0.05, 0) is 51.4 Å². The number of unbranched alkanes of at least 4 members (excludes halogenated alkanes) is 6. The smallest absolute Gasteiger partial charge is 0.306 e. The number of quaternary nitrogens is 1. The van der Waals surface area contributed by atoms with E-state index in [1.165, 1.54) is 0 Å². The zero-order valence-corrected chi connectivity index (χ0v) is 31.5. The van der Waals surface area contributed by atoms with Gasteiger partial charge in [-0.25, -0.2) is 0 Å². The molecule has 0 saturated heterocycles. The Morgan fingerprint density at radius 2 is 1.06 bits per heavy atom. The molecule has 0 N–H and O–H groups in total. The molecule has 0 rings (SSSR count). The van der Waals surface area contributed by atoms with Crippen molar-refractivity contribution in [2.75, 3.05) is 41.0 Å². The van der Waals surface area contributed by atoms with Gasteiger partial charge in [0.2, 0.25) is 0 Å². The van der Waals surface area contributed by atoms with Crippen LogP contribution >= 0.6 is 0 Å². The highest BCUT2D eigenvalue weighted by Crippen LogP contribution is 2.11. The predicted molar refractivity (Wildman–Crippen MR) is 203 cm³/mol. The summed E-state index contributed by atoms with van der Waals surface area (Å²) in [6.45, 7) is 4.24. The van der Waals surface area contributed by atoms with Gasteiger partial charge in [0.05, 0.1) is 40.3 Å². The highest BCUT2D eigenvalue weighted by atomic mass is 16.6. The molecule has 0 aromatic rings. The van der Waals surface area contributed by atoms with Crippen molar-refractivity contribution in [1.82, 2.24) is 0 Å². The number of esters is 2. The van der Waals surface area contributed by atoms with Gasteiger partial charge >= 0.3 is 11.9 Å². The molecule has 0 bridgehead atoms. The molecule has 0 aromatic heterocycles. The summed E-state index contributed by atoms with van der Waals surface area (Å²) in [4.78, 5) is 36.6. The van der Waals surface area contributed by atoms with Gasteiger partial charge in [-0.2, -0.15) is 0 Å². The monoisotopic (exact) mass is 695 g/mol. The van der Waals surface area contributed by atoms with Crippen LogP contribution in [-0.4, -0.2) is 75.5 Å². The number of likely N-dealkylation sites (N-methyl/N-ethyl adjacent to an activating group) is 1. The summed E-state index contributed by atoms with van der Waals surface area (Å²) in [6, 6.07) is -0.744. The van der Waals surface area contributed by atoms with Gasteiger partial charge in [0.1, 0.15) is 12.6 Å². The average molecular weight is 696 g/mol. The lowest BCUT2D eigenvalue weighted by Crippen LogP contribution is -2.55. The minimum absolute atomic E-state index is 0.00430. The Kier molecular flexibility index (Phi) is 30.0. The van der Waals surface area contributed by atoms with E-state index in [4.69, 9.17) is 14.2 Å². The Morgan fingerprint density at radius 3 is 1.52 bits per heavy atom. The fourth-order valence-corrected chi connectivity index (χ4v) is 4.56. The fraction of sp³-hybridized carbons (Fsp3) is 0.548. The molecule has 0 fully saturated rings. The van der Waals surface area contributed by atoms with E-state index in [0.29, 0.717) is 12.8 Å². The Bertz CT molecular complexity index is 1140. The number of nitrogens with zero attached hydrogens (tertiary/aromatic N) is 1. The molecule has 8 nitrogen and oxygen atoms in total. The van der Waals surface area contributed by atoms with Crippen LogP contribution in [-0.2, 0) is 28.6 Å². The van der Waals surface area contributed by atoms with Gasteiger partial charge in [0.25, 0.3) is 0 Å². The average Bonchev–Trinajstić information content (AvgIpc) is 3.06. The number of carbonyl (C=O) groups is 3. The van der Waals surface area contributed by atoms with Gasteiger partial charge in [0.15, 0.2) is 6.10 Å². The summed E-state index contributed by atoms with van der Waals surface area (Å²) >= 11 is 0. The van der Waals surface area contributed by atoms with Crippen LogP contribution in [0, 0.1) is 0 Å². The molecule has 0 aliphatic carbocycles. The first-order valence-corrected chi connectivity index (χ1v) is 18.4. The Morgan fingerprint density at radius 1 is 0.600 bits per heavy atom. The second kappa shape index (κ2) is 32.5. The van der Waals surface area contributed by atoms with Crippen molar-refractivity contribution in [2.24, 2.45) is 0 Å². The van der Waals surface area contributed by atoms with Crippen LogP contribution in [0.25, 0.3) is 0 Å². The summed E-state index contributed by atoms with van der Waals surface area (Å²) < 4.78 is 17.0. The number of hydrogen-bond acceptors (Lipinski definition) is 7. The predicted octanol–water partition coefficient (Wildman–Crippen LogP) is 7.84. The molecule has 8 heteroatoms.